The lowest BCUT2D eigenvalue weighted by Gasteiger charge is -2.29. The summed E-state index contributed by atoms with van der Waals surface area (Å²) in [6, 6.07) is 17.8. The number of hydrogen-bond acceptors (Lipinski definition) is 3. The Labute approximate surface area is 137 Å². The highest BCUT2D eigenvalue weighted by atomic mass is 16.1. The summed E-state index contributed by atoms with van der Waals surface area (Å²) in [5.41, 5.74) is 9.32. The maximum atomic E-state index is 11.7. The van der Waals surface area contributed by atoms with E-state index in [-0.39, 0.29) is 5.91 Å². The standard InChI is InChI=1S/C19H23N3O/c20-19(23)18(16-7-2-1-3-8-16)21-11-13-22-12-10-15-6-4-5-9-17(15)14-22/h1-9,18,21H,10-14H2,(H2,20,23). The Balaban J connectivity index is 1.54. The molecule has 0 saturated carbocycles. The molecule has 2 aromatic rings. The molecule has 4 heteroatoms. The number of carbonyl (C=O) groups is 1. The third kappa shape index (κ3) is 3.97. The molecule has 2 aromatic carbocycles. The Morgan fingerprint density at radius 3 is 2.52 bits per heavy atom. The molecule has 1 amide bonds. The van der Waals surface area contributed by atoms with Gasteiger partial charge in [-0.1, -0.05) is 54.6 Å². The summed E-state index contributed by atoms with van der Waals surface area (Å²) in [6.07, 6.45) is 1.09. The predicted octanol–water partition coefficient (Wildman–Crippen LogP) is 1.86. The highest BCUT2D eigenvalue weighted by Crippen LogP contribution is 2.18. The van der Waals surface area contributed by atoms with E-state index in [0.717, 1.165) is 38.2 Å². The summed E-state index contributed by atoms with van der Waals surface area (Å²) in [4.78, 5) is 14.1. The molecule has 1 atom stereocenters. The van der Waals surface area contributed by atoms with Crippen molar-refractivity contribution >= 4 is 5.91 Å². The molecular formula is C19H23N3O. The Hall–Kier alpha value is -2.17. The predicted molar refractivity (Wildman–Crippen MR) is 91.8 cm³/mol. The fourth-order valence-electron chi connectivity index (χ4n) is 3.14. The largest absolute Gasteiger partial charge is 0.368 e. The Kier molecular flexibility index (Phi) is 5.05. The zero-order chi connectivity index (χ0) is 16.1. The average Bonchev–Trinajstić information content (AvgIpc) is 2.59. The first-order valence-electron chi connectivity index (χ1n) is 8.11. The van der Waals surface area contributed by atoms with Crippen molar-refractivity contribution in [2.24, 2.45) is 5.73 Å². The fourth-order valence-corrected chi connectivity index (χ4v) is 3.14. The summed E-state index contributed by atoms with van der Waals surface area (Å²) >= 11 is 0. The zero-order valence-corrected chi connectivity index (χ0v) is 13.2. The van der Waals surface area contributed by atoms with E-state index in [9.17, 15) is 4.79 Å². The Bertz CT molecular complexity index is 657. The van der Waals surface area contributed by atoms with Gasteiger partial charge in [-0.3, -0.25) is 9.69 Å². The first-order valence-corrected chi connectivity index (χ1v) is 8.11. The number of benzene rings is 2. The van der Waals surface area contributed by atoms with E-state index < -0.39 is 6.04 Å². The molecule has 120 valence electrons. The number of nitrogens with two attached hydrogens (primary N) is 1. The van der Waals surface area contributed by atoms with Gasteiger partial charge in [-0.2, -0.15) is 0 Å². The topological polar surface area (TPSA) is 58.4 Å². The monoisotopic (exact) mass is 309 g/mol. The van der Waals surface area contributed by atoms with Crippen molar-refractivity contribution in [3.05, 3.63) is 71.3 Å². The summed E-state index contributed by atoms with van der Waals surface area (Å²) in [5, 5.41) is 3.29. The van der Waals surface area contributed by atoms with Crippen molar-refractivity contribution in [3.8, 4) is 0 Å². The Morgan fingerprint density at radius 2 is 1.78 bits per heavy atom. The summed E-state index contributed by atoms with van der Waals surface area (Å²) in [6.45, 7) is 3.69. The minimum atomic E-state index is -0.423. The quantitative estimate of drug-likeness (QED) is 0.856. The normalized spacial score (nSPS) is 15.8. The van der Waals surface area contributed by atoms with Gasteiger partial charge in [-0.05, 0) is 23.1 Å². The molecule has 1 unspecified atom stereocenters. The zero-order valence-electron chi connectivity index (χ0n) is 13.2. The third-order valence-corrected chi connectivity index (χ3v) is 4.40. The second kappa shape index (κ2) is 7.40. The molecule has 1 aliphatic heterocycles. The molecule has 3 N–H and O–H groups in total. The second-order valence-electron chi connectivity index (χ2n) is 6.00. The van der Waals surface area contributed by atoms with Gasteiger partial charge in [0.1, 0.15) is 6.04 Å². The van der Waals surface area contributed by atoms with E-state index in [0.29, 0.717) is 0 Å². The average molecular weight is 309 g/mol. The van der Waals surface area contributed by atoms with Crippen LogP contribution in [0.3, 0.4) is 0 Å². The first-order chi connectivity index (χ1) is 11.2. The molecule has 4 nitrogen and oxygen atoms in total. The number of primary amides is 1. The molecule has 0 fully saturated rings. The number of carbonyl (C=O) groups excluding carboxylic acids is 1. The van der Waals surface area contributed by atoms with E-state index in [1.54, 1.807) is 0 Å². The molecule has 23 heavy (non-hydrogen) atoms. The first kappa shape index (κ1) is 15.7. The summed E-state index contributed by atoms with van der Waals surface area (Å²) in [7, 11) is 0. The highest BCUT2D eigenvalue weighted by Gasteiger charge is 2.18. The highest BCUT2D eigenvalue weighted by molar-refractivity contribution is 5.81. The lowest BCUT2D eigenvalue weighted by atomic mass is 10.00. The van der Waals surface area contributed by atoms with Crippen LogP contribution >= 0.6 is 0 Å². The molecule has 1 heterocycles. The number of hydrogen-bond donors (Lipinski definition) is 2. The van der Waals surface area contributed by atoms with Crippen LogP contribution in [0.25, 0.3) is 0 Å². The summed E-state index contributed by atoms with van der Waals surface area (Å²) < 4.78 is 0. The smallest absolute Gasteiger partial charge is 0.239 e. The SMILES string of the molecule is NC(=O)C(NCCN1CCc2ccccc2C1)c1ccccc1. The van der Waals surface area contributed by atoms with Gasteiger partial charge < -0.3 is 11.1 Å². The van der Waals surface area contributed by atoms with Gasteiger partial charge in [0.25, 0.3) is 0 Å². The van der Waals surface area contributed by atoms with Crippen LogP contribution in [0.4, 0.5) is 0 Å². The van der Waals surface area contributed by atoms with Gasteiger partial charge >= 0.3 is 0 Å². The number of nitrogens with one attached hydrogen (secondary N) is 1. The van der Waals surface area contributed by atoms with E-state index in [1.807, 2.05) is 30.3 Å². The van der Waals surface area contributed by atoms with Gasteiger partial charge in [0, 0.05) is 26.2 Å². The van der Waals surface area contributed by atoms with E-state index in [2.05, 4.69) is 34.5 Å². The molecule has 0 radical (unpaired) electrons. The van der Waals surface area contributed by atoms with Gasteiger partial charge in [0.05, 0.1) is 0 Å². The maximum Gasteiger partial charge on any atom is 0.239 e. The second-order valence-corrected chi connectivity index (χ2v) is 6.00. The van der Waals surface area contributed by atoms with Gasteiger partial charge in [-0.25, -0.2) is 0 Å². The van der Waals surface area contributed by atoms with Crippen molar-refractivity contribution < 1.29 is 4.79 Å². The van der Waals surface area contributed by atoms with Crippen LogP contribution in [0.2, 0.25) is 0 Å². The van der Waals surface area contributed by atoms with Gasteiger partial charge in [0.15, 0.2) is 0 Å². The number of rotatable bonds is 6. The molecule has 0 spiro atoms. The Morgan fingerprint density at radius 1 is 1.09 bits per heavy atom. The molecule has 3 rings (SSSR count). The van der Waals surface area contributed by atoms with Gasteiger partial charge in [0.2, 0.25) is 5.91 Å². The van der Waals surface area contributed by atoms with E-state index in [1.165, 1.54) is 11.1 Å². The minimum absolute atomic E-state index is 0.333. The molecule has 1 aliphatic rings. The van der Waals surface area contributed by atoms with Crippen molar-refractivity contribution in [1.82, 2.24) is 10.2 Å². The molecule has 0 bridgehead atoms. The van der Waals surface area contributed by atoms with Crippen molar-refractivity contribution in [2.75, 3.05) is 19.6 Å². The maximum absolute atomic E-state index is 11.7. The van der Waals surface area contributed by atoms with Crippen LogP contribution in [0.5, 0.6) is 0 Å². The lowest BCUT2D eigenvalue weighted by molar-refractivity contribution is -0.120. The molecule has 0 aliphatic carbocycles. The van der Waals surface area contributed by atoms with Crippen LogP contribution in [0, 0.1) is 0 Å². The van der Waals surface area contributed by atoms with E-state index >= 15 is 0 Å². The minimum Gasteiger partial charge on any atom is -0.368 e. The van der Waals surface area contributed by atoms with Crippen LogP contribution in [0.15, 0.2) is 54.6 Å². The van der Waals surface area contributed by atoms with Crippen molar-refractivity contribution in [3.63, 3.8) is 0 Å². The number of nitrogens with zero attached hydrogens (tertiary/aromatic N) is 1. The number of amides is 1. The van der Waals surface area contributed by atoms with Gasteiger partial charge in [-0.15, -0.1) is 0 Å². The van der Waals surface area contributed by atoms with Crippen molar-refractivity contribution in [1.29, 1.82) is 0 Å². The molecule has 0 aromatic heterocycles. The third-order valence-electron chi connectivity index (χ3n) is 4.40. The summed E-state index contributed by atoms with van der Waals surface area (Å²) in [5.74, 6) is -0.333. The molecular weight excluding hydrogens is 286 g/mol. The van der Waals surface area contributed by atoms with E-state index in [4.69, 9.17) is 5.73 Å². The van der Waals surface area contributed by atoms with Crippen LogP contribution in [0.1, 0.15) is 22.7 Å². The molecule has 0 saturated heterocycles. The number of fused-ring (bicyclic) bond motifs is 1. The van der Waals surface area contributed by atoms with Crippen LogP contribution in [-0.2, 0) is 17.8 Å². The van der Waals surface area contributed by atoms with Crippen LogP contribution in [-0.4, -0.2) is 30.4 Å². The lowest BCUT2D eigenvalue weighted by Crippen LogP contribution is -2.40. The van der Waals surface area contributed by atoms with Crippen LogP contribution < -0.4 is 11.1 Å². The van der Waals surface area contributed by atoms with Crippen molar-refractivity contribution in [2.45, 2.75) is 19.0 Å². The fraction of sp³-hybridized carbons (Fsp3) is 0.316.